The van der Waals surface area contributed by atoms with Crippen LogP contribution < -0.4 is 4.90 Å². The van der Waals surface area contributed by atoms with Gasteiger partial charge in [-0.25, -0.2) is 9.97 Å². The van der Waals surface area contributed by atoms with Crippen molar-refractivity contribution in [3.05, 3.63) is 43.4 Å². The van der Waals surface area contributed by atoms with Gasteiger partial charge in [0.05, 0.1) is 6.20 Å². The van der Waals surface area contributed by atoms with Crippen molar-refractivity contribution < 1.29 is 4.74 Å². The van der Waals surface area contributed by atoms with Crippen molar-refractivity contribution in [3.8, 4) is 5.69 Å². The van der Waals surface area contributed by atoms with Crippen LogP contribution in [0.2, 0.25) is 0 Å². The first-order chi connectivity index (χ1) is 8.45. The van der Waals surface area contributed by atoms with Crippen LogP contribution in [0.25, 0.3) is 11.4 Å². The molecule has 0 saturated heterocycles. The van der Waals surface area contributed by atoms with E-state index in [4.69, 9.17) is 4.74 Å². The Bertz CT molecular complexity index is 658. The van der Waals surface area contributed by atoms with Gasteiger partial charge in [-0.2, -0.15) is 0 Å². The summed E-state index contributed by atoms with van der Waals surface area (Å²) in [6.07, 6.45) is 9.87. The van der Waals surface area contributed by atoms with Gasteiger partial charge in [-0.05, 0) is 0 Å². The van der Waals surface area contributed by atoms with E-state index in [-0.39, 0.29) is 0 Å². The van der Waals surface area contributed by atoms with Crippen molar-refractivity contribution in [3.63, 3.8) is 0 Å². The Hall–Kier alpha value is -2.70. The number of hydrogen-bond acceptors (Lipinski definition) is 6. The highest BCUT2D eigenvalue weighted by atomic mass is 16.5. The van der Waals surface area contributed by atoms with Crippen molar-refractivity contribution in [1.29, 1.82) is 0 Å². The van der Waals surface area contributed by atoms with E-state index in [0.717, 1.165) is 17.2 Å². The minimum Gasteiger partial charge on any atom is -0.469 e. The molecule has 0 amide bonds. The fourth-order valence-corrected chi connectivity index (χ4v) is 1.94. The number of ether oxygens (including phenoxy) is 1. The topological polar surface area (TPSA) is 69.0 Å². The highest BCUT2D eigenvalue weighted by Gasteiger charge is 2.29. The fraction of sp³-hybridized carbons (Fsp3) is 0. The van der Waals surface area contributed by atoms with Crippen LogP contribution in [0.1, 0.15) is 5.82 Å². The summed E-state index contributed by atoms with van der Waals surface area (Å²) in [7, 11) is 0. The Kier molecular flexibility index (Phi) is 1.45. The van der Waals surface area contributed by atoms with Gasteiger partial charge in [-0.1, -0.05) is 0 Å². The first kappa shape index (κ1) is 8.45. The van der Waals surface area contributed by atoms with Crippen LogP contribution >= 0.6 is 0 Å². The predicted octanol–water partition coefficient (Wildman–Crippen LogP) is 0.677. The molecule has 2 aliphatic rings. The number of anilines is 1. The van der Waals surface area contributed by atoms with Crippen LogP contribution in [-0.2, 0) is 4.74 Å². The summed E-state index contributed by atoms with van der Waals surface area (Å²) >= 11 is 0. The minimum absolute atomic E-state index is 0.705. The van der Waals surface area contributed by atoms with E-state index in [0.29, 0.717) is 5.82 Å². The molecule has 82 valence electrons. The molecule has 2 aliphatic heterocycles. The molecule has 0 unspecified atom stereocenters. The number of fused-ring (bicyclic) bond motifs is 6. The van der Waals surface area contributed by atoms with Gasteiger partial charge in [0.15, 0.2) is 11.6 Å². The summed E-state index contributed by atoms with van der Waals surface area (Å²) in [6.45, 7) is 0. The molecule has 7 heteroatoms. The van der Waals surface area contributed by atoms with Gasteiger partial charge in [0, 0.05) is 6.20 Å². The van der Waals surface area contributed by atoms with E-state index in [1.165, 1.54) is 6.33 Å². The number of aromatic nitrogens is 5. The summed E-state index contributed by atoms with van der Waals surface area (Å²) in [4.78, 5) is 10.2. The first-order valence-corrected chi connectivity index (χ1v) is 4.97. The number of rotatable bonds is 0. The van der Waals surface area contributed by atoms with E-state index < -0.39 is 0 Å². The second-order valence-electron chi connectivity index (χ2n) is 3.55. The molecule has 0 aliphatic carbocycles. The maximum atomic E-state index is 5.17. The largest absolute Gasteiger partial charge is 0.469 e. The average Bonchev–Trinajstić information content (AvgIpc) is 2.89. The van der Waals surface area contributed by atoms with E-state index in [2.05, 4.69) is 20.2 Å². The predicted molar refractivity (Wildman–Crippen MR) is 57.6 cm³/mol. The molecule has 2 aromatic rings. The first-order valence-electron chi connectivity index (χ1n) is 4.97. The summed E-state index contributed by atoms with van der Waals surface area (Å²) in [5.41, 5.74) is 1.65. The summed E-state index contributed by atoms with van der Waals surface area (Å²) in [5.74, 6) is 1.48. The lowest BCUT2D eigenvalue weighted by Gasteiger charge is -2.29. The zero-order chi connectivity index (χ0) is 11.2. The van der Waals surface area contributed by atoms with Crippen molar-refractivity contribution in [2.45, 2.75) is 0 Å². The van der Waals surface area contributed by atoms with Crippen molar-refractivity contribution in [2.24, 2.45) is 0 Å². The Labute approximate surface area is 95.7 Å². The molecule has 4 rings (SSSR count). The second-order valence-corrected chi connectivity index (χ2v) is 3.55. The van der Waals surface area contributed by atoms with Crippen molar-refractivity contribution in [2.75, 3.05) is 4.90 Å². The van der Waals surface area contributed by atoms with E-state index in [1.807, 2.05) is 9.47 Å². The van der Waals surface area contributed by atoms with Crippen LogP contribution in [0.15, 0.2) is 37.6 Å². The quantitative estimate of drug-likeness (QED) is 0.657. The van der Waals surface area contributed by atoms with Crippen LogP contribution in [0, 0.1) is 0 Å². The van der Waals surface area contributed by atoms with Crippen LogP contribution in [0.4, 0.5) is 5.82 Å². The Morgan fingerprint density at radius 3 is 3.29 bits per heavy atom. The molecule has 17 heavy (non-hydrogen) atoms. The third kappa shape index (κ3) is 0.996. The maximum Gasteiger partial charge on any atom is 0.188 e. The zero-order valence-electron chi connectivity index (χ0n) is 8.56. The maximum absolute atomic E-state index is 5.17. The lowest BCUT2D eigenvalue weighted by Crippen LogP contribution is -2.26. The lowest BCUT2D eigenvalue weighted by molar-refractivity contribution is 0.396. The molecule has 0 fully saturated rings. The molecule has 0 aromatic carbocycles. The molecule has 0 N–H and O–H groups in total. The molecule has 2 aromatic heterocycles. The second kappa shape index (κ2) is 2.91. The van der Waals surface area contributed by atoms with Crippen molar-refractivity contribution in [1.82, 2.24) is 24.7 Å². The molecule has 0 radical (unpaired) electrons. The fourth-order valence-electron chi connectivity index (χ4n) is 1.94. The highest BCUT2D eigenvalue weighted by molar-refractivity contribution is 5.84. The summed E-state index contributed by atoms with van der Waals surface area (Å²) < 4.78 is 7.00. The minimum atomic E-state index is 0.705. The smallest absolute Gasteiger partial charge is 0.188 e. The third-order valence-corrected chi connectivity index (χ3v) is 2.66. The Morgan fingerprint density at radius 1 is 1.29 bits per heavy atom. The Balaban J connectivity index is 2.08. The standard InChI is InChI=1S/C10H6N6O/c1-2-17-4-8-10-14-13-6-16(10)7-3-11-5-12-9(7)15(1)8/h1-6H. The van der Waals surface area contributed by atoms with E-state index in [1.54, 1.807) is 31.2 Å². The molecular formula is C10H6N6O. The number of nitrogens with zero attached hydrogens (tertiary/aromatic N) is 6. The molecule has 4 heterocycles. The zero-order valence-corrected chi connectivity index (χ0v) is 8.56. The van der Waals surface area contributed by atoms with Gasteiger partial charge in [-0.15, -0.1) is 10.2 Å². The van der Waals surface area contributed by atoms with E-state index in [9.17, 15) is 0 Å². The summed E-state index contributed by atoms with van der Waals surface area (Å²) in [5, 5.41) is 7.98. The Morgan fingerprint density at radius 2 is 2.29 bits per heavy atom. The van der Waals surface area contributed by atoms with Gasteiger partial charge in [0.25, 0.3) is 0 Å². The summed E-state index contributed by atoms with van der Waals surface area (Å²) in [6, 6.07) is 0. The third-order valence-electron chi connectivity index (χ3n) is 2.66. The highest BCUT2D eigenvalue weighted by Crippen LogP contribution is 2.36. The molecular weight excluding hydrogens is 220 g/mol. The number of hydrogen-bond donors (Lipinski definition) is 0. The van der Waals surface area contributed by atoms with Gasteiger partial charge in [-0.3, -0.25) is 9.47 Å². The van der Waals surface area contributed by atoms with Crippen molar-refractivity contribution >= 4 is 11.5 Å². The molecule has 0 saturated carbocycles. The molecule has 0 spiro atoms. The van der Waals surface area contributed by atoms with Gasteiger partial charge >= 0.3 is 0 Å². The van der Waals surface area contributed by atoms with Gasteiger partial charge in [0.2, 0.25) is 0 Å². The van der Waals surface area contributed by atoms with Gasteiger partial charge in [0.1, 0.15) is 36.6 Å². The molecule has 0 bridgehead atoms. The van der Waals surface area contributed by atoms with Crippen LogP contribution in [-0.4, -0.2) is 24.7 Å². The van der Waals surface area contributed by atoms with Crippen LogP contribution in [0.5, 0.6) is 0 Å². The molecule has 7 nitrogen and oxygen atoms in total. The SMILES string of the molecule is C1=CN2C(=CO1)c1nncn1-c1cncnc12. The van der Waals surface area contributed by atoms with Gasteiger partial charge < -0.3 is 4.74 Å². The average molecular weight is 226 g/mol. The monoisotopic (exact) mass is 226 g/mol. The molecule has 0 atom stereocenters. The lowest BCUT2D eigenvalue weighted by atomic mass is 10.2. The van der Waals surface area contributed by atoms with E-state index >= 15 is 0 Å². The normalized spacial score (nSPS) is 15.5. The van der Waals surface area contributed by atoms with Crippen LogP contribution in [0.3, 0.4) is 0 Å².